The minimum atomic E-state index is 0. The Labute approximate surface area is 120 Å². The number of hydrogen-bond donors (Lipinski definition) is 2. The number of aromatic nitrogens is 2. The van der Waals surface area contributed by atoms with Crippen LogP contribution in [0.4, 0.5) is 0 Å². The van der Waals surface area contributed by atoms with Gasteiger partial charge in [-0.15, -0.1) is 12.4 Å². The summed E-state index contributed by atoms with van der Waals surface area (Å²) in [5.41, 5.74) is 1.15. The quantitative estimate of drug-likeness (QED) is 0.865. The van der Waals surface area contributed by atoms with Crippen molar-refractivity contribution < 1.29 is 4.79 Å². The van der Waals surface area contributed by atoms with E-state index in [1.165, 1.54) is 0 Å². The number of nitrogens with one attached hydrogen (secondary N) is 2. The molecule has 2 heterocycles. The van der Waals surface area contributed by atoms with E-state index in [1.54, 1.807) is 4.68 Å². The highest BCUT2D eigenvalue weighted by Crippen LogP contribution is 2.27. The van der Waals surface area contributed by atoms with E-state index in [9.17, 15) is 4.79 Å². The monoisotopic (exact) mass is 286 g/mol. The fourth-order valence-corrected chi connectivity index (χ4v) is 2.37. The van der Waals surface area contributed by atoms with E-state index in [0.717, 1.165) is 25.2 Å². The highest BCUT2D eigenvalue weighted by Gasteiger charge is 2.34. The van der Waals surface area contributed by atoms with E-state index in [-0.39, 0.29) is 30.2 Å². The zero-order valence-electron chi connectivity index (χ0n) is 11.7. The van der Waals surface area contributed by atoms with Gasteiger partial charge in [-0.2, -0.15) is 5.10 Å². The molecule has 2 N–H and O–H groups in total. The lowest BCUT2D eigenvalue weighted by Gasteiger charge is -2.17. The van der Waals surface area contributed by atoms with Gasteiger partial charge in [0, 0.05) is 38.8 Å². The second-order valence-corrected chi connectivity index (χ2v) is 5.46. The van der Waals surface area contributed by atoms with Gasteiger partial charge >= 0.3 is 0 Å². The first-order chi connectivity index (χ1) is 8.58. The molecule has 0 aromatic carbocycles. The van der Waals surface area contributed by atoms with Crippen LogP contribution in [0.2, 0.25) is 0 Å². The molecule has 5 nitrogen and oxygen atoms in total. The molecule has 1 saturated heterocycles. The summed E-state index contributed by atoms with van der Waals surface area (Å²) in [6, 6.07) is 0. The predicted octanol–water partition coefficient (Wildman–Crippen LogP) is 0.917. The number of halogens is 1. The summed E-state index contributed by atoms with van der Waals surface area (Å²) < 4.78 is 1.79. The van der Waals surface area contributed by atoms with Crippen LogP contribution in [0.25, 0.3) is 0 Å². The van der Waals surface area contributed by atoms with Crippen molar-refractivity contribution >= 4 is 18.3 Å². The third-order valence-corrected chi connectivity index (χ3v) is 3.39. The molecule has 0 radical (unpaired) electrons. The largest absolute Gasteiger partial charge is 0.356 e. The maximum Gasteiger partial charge on any atom is 0.225 e. The first-order valence-electron chi connectivity index (χ1n) is 6.55. The second-order valence-electron chi connectivity index (χ2n) is 5.46. The Morgan fingerprint density at radius 2 is 2.32 bits per heavy atom. The molecule has 6 heteroatoms. The molecule has 0 bridgehead atoms. The van der Waals surface area contributed by atoms with Crippen molar-refractivity contribution in [2.24, 2.45) is 18.9 Å². The average molecular weight is 287 g/mol. The highest BCUT2D eigenvalue weighted by atomic mass is 35.5. The first-order valence-corrected chi connectivity index (χ1v) is 6.55. The minimum absolute atomic E-state index is 0. The summed E-state index contributed by atoms with van der Waals surface area (Å²) in [6.45, 7) is 6.56. The fourth-order valence-electron chi connectivity index (χ4n) is 2.37. The molecule has 1 amide bonds. The van der Waals surface area contributed by atoms with Gasteiger partial charge in [0.15, 0.2) is 0 Å². The number of amides is 1. The van der Waals surface area contributed by atoms with Crippen LogP contribution in [0.1, 0.15) is 25.3 Å². The van der Waals surface area contributed by atoms with E-state index in [0.29, 0.717) is 5.92 Å². The number of nitrogens with zero attached hydrogens (tertiary/aromatic N) is 2. The van der Waals surface area contributed by atoms with Crippen molar-refractivity contribution in [1.29, 1.82) is 0 Å². The molecule has 0 aliphatic carbocycles. The number of rotatable bonds is 4. The molecule has 1 aromatic rings. The van der Waals surface area contributed by atoms with Gasteiger partial charge < -0.3 is 10.6 Å². The van der Waals surface area contributed by atoms with Gasteiger partial charge in [-0.1, -0.05) is 13.8 Å². The normalized spacial score (nSPS) is 22.3. The highest BCUT2D eigenvalue weighted by molar-refractivity contribution is 5.85. The SMILES string of the molecule is CC(C)CNC(=O)[C@H]1CNC[C@@H]1c1cnn(C)c1.Cl. The summed E-state index contributed by atoms with van der Waals surface area (Å²) in [5.74, 6) is 0.904. The van der Waals surface area contributed by atoms with Gasteiger partial charge in [-0.25, -0.2) is 0 Å². The number of hydrogen-bond acceptors (Lipinski definition) is 3. The Bertz CT molecular complexity index is 419. The third-order valence-electron chi connectivity index (χ3n) is 3.39. The van der Waals surface area contributed by atoms with Crippen LogP contribution < -0.4 is 10.6 Å². The van der Waals surface area contributed by atoms with E-state index >= 15 is 0 Å². The van der Waals surface area contributed by atoms with Crippen LogP contribution in [0.3, 0.4) is 0 Å². The smallest absolute Gasteiger partial charge is 0.225 e. The van der Waals surface area contributed by atoms with E-state index in [2.05, 4.69) is 29.6 Å². The molecular weight excluding hydrogens is 264 g/mol. The molecule has 1 aliphatic heterocycles. The van der Waals surface area contributed by atoms with Gasteiger partial charge in [0.25, 0.3) is 0 Å². The van der Waals surface area contributed by atoms with Crippen molar-refractivity contribution in [2.75, 3.05) is 19.6 Å². The third kappa shape index (κ3) is 3.94. The predicted molar refractivity (Wildman–Crippen MR) is 77.4 cm³/mol. The molecule has 1 aromatic heterocycles. The second kappa shape index (κ2) is 6.91. The van der Waals surface area contributed by atoms with E-state index in [1.807, 2.05) is 19.4 Å². The van der Waals surface area contributed by atoms with Crippen molar-refractivity contribution in [3.8, 4) is 0 Å². The Balaban J connectivity index is 0.00000180. The zero-order valence-corrected chi connectivity index (χ0v) is 12.5. The molecule has 2 atom stereocenters. The standard InChI is InChI=1S/C13H22N4O.ClH/c1-9(2)4-15-13(18)12-7-14-6-11(12)10-5-16-17(3)8-10;/h5,8-9,11-12,14H,4,6-7H2,1-3H3,(H,15,18);1H/t11-,12+;/m1./s1. The number of aryl methyl sites for hydroxylation is 1. The molecular formula is C13H23ClN4O. The maximum atomic E-state index is 12.2. The Kier molecular flexibility index (Phi) is 5.82. The summed E-state index contributed by atoms with van der Waals surface area (Å²) >= 11 is 0. The summed E-state index contributed by atoms with van der Waals surface area (Å²) in [5, 5.41) is 10.5. The van der Waals surface area contributed by atoms with Gasteiger partial charge in [0.2, 0.25) is 5.91 Å². The van der Waals surface area contributed by atoms with Crippen LogP contribution in [-0.4, -0.2) is 35.3 Å². The van der Waals surface area contributed by atoms with Crippen LogP contribution >= 0.6 is 12.4 Å². The molecule has 2 rings (SSSR count). The summed E-state index contributed by atoms with van der Waals surface area (Å²) in [4.78, 5) is 12.2. The van der Waals surface area contributed by atoms with E-state index in [4.69, 9.17) is 0 Å². The average Bonchev–Trinajstić information content (AvgIpc) is 2.93. The lowest BCUT2D eigenvalue weighted by Crippen LogP contribution is -2.36. The molecule has 0 spiro atoms. The van der Waals surface area contributed by atoms with Crippen LogP contribution in [0, 0.1) is 11.8 Å². The van der Waals surface area contributed by atoms with Crippen LogP contribution in [-0.2, 0) is 11.8 Å². The van der Waals surface area contributed by atoms with Crippen molar-refractivity contribution in [1.82, 2.24) is 20.4 Å². The Morgan fingerprint density at radius 3 is 2.89 bits per heavy atom. The maximum absolute atomic E-state index is 12.2. The van der Waals surface area contributed by atoms with Gasteiger partial charge in [-0.3, -0.25) is 9.48 Å². The molecule has 19 heavy (non-hydrogen) atoms. The van der Waals surface area contributed by atoms with Crippen LogP contribution in [0.5, 0.6) is 0 Å². The molecule has 1 fully saturated rings. The molecule has 0 saturated carbocycles. The Morgan fingerprint density at radius 1 is 1.58 bits per heavy atom. The van der Waals surface area contributed by atoms with Gasteiger partial charge in [0.05, 0.1) is 12.1 Å². The lowest BCUT2D eigenvalue weighted by molar-refractivity contribution is -0.124. The van der Waals surface area contributed by atoms with Crippen molar-refractivity contribution in [3.05, 3.63) is 18.0 Å². The lowest BCUT2D eigenvalue weighted by atomic mass is 9.90. The summed E-state index contributed by atoms with van der Waals surface area (Å²) in [6.07, 6.45) is 3.86. The van der Waals surface area contributed by atoms with Gasteiger partial charge in [0.1, 0.15) is 0 Å². The van der Waals surface area contributed by atoms with Crippen molar-refractivity contribution in [2.45, 2.75) is 19.8 Å². The molecule has 1 aliphatic rings. The molecule has 0 unspecified atom stereocenters. The van der Waals surface area contributed by atoms with E-state index < -0.39 is 0 Å². The zero-order chi connectivity index (χ0) is 13.1. The Hall–Kier alpha value is -1.07. The summed E-state index contributed by atoms with van der Waals surface area (Å²) in [7, 11) is 1.90. The van der Waals surface area contributed by atoms with Gasteiger partial charge in [-0.05, 0) is 11.5 Å². The fraction of sp³-hybridized carbons (Fsp3) is 0.692. The first kappa shape index (κ1) is 16.0. The van der Waals surface area contributed by atoms with Crippen molar-refractivity contribution in [3.63, 3.8) is 0 Å². The molecule has 108 valence electrons. The number of carbonyl (C=O) groups is 1. The topological polar surface area (TPSA) is 59.0 Å². The van der Waals surface area contributed by atoms with Crippen LogP contribution in [0.15, 0.2) is 12.4 Å². The number of carbonyl (C=O) groups excluding carboxylic acids is 1. The minimum Gasteiger partial charge on any atom is -0.356 e.